The second-order valence-electron chi connectivity index (χ2n) is 3.88. The third-order valence-electron chi connectivity index (χ3n) is 2.40. The number of hydrogen-bond acceptors (Lipinski definition) is 3. The fraction of sp³-hybridized carbons (Fsp3) is 0.333. The summed E-state index contributed by atoms with van der Waals surface area (Å²) in [6.45, 7) is 0.450. The van der Waals surface area contributed by atoms with E-state index >= 15 is 0 Å². The van der Waals surface area contributed by atoms with Crippen LogP contribution >= 0.6 is 0 Å². The van der Waals surface area contributed by atoms with Crippen molar-refractivity contribution in [2.75, 3.05) is 7.05 Å². The van der Waals surface area contributed by atoms with Gasteiger partial charge in [0.25, 0.3) is 0 Å². The van der Waals surface area contributed by atoms with Gasteiger partial charge in [-0.1, -0.05) is 30.3 Å². The van der Waals surface area contributed by atoms with Crippen molar-refractivity contribution in [3.63, 3.8) is 0 Å². The van der Waals surface area contributed by atoms with E-state index < -0.39 is 12.0 Å². The molecule has 5 heteroatoms. The SMILES string of the molecule is CN(Cc1ccccc1)C(=O)C[C@@H](N)C(=O)O. The average molecular weight is 236 g/mol. The van der Waals surface area contributed by atoms with Gasteiger partial charge in [0.1, 0.15) is 6.04 Å². The predicted molar refractivity (Wildman–Crippen MR) is 63.1 cm³/mol. The van der Waals surface area contributed by atoms with Crippen molar-refractivity contribution in [3.05, 3.63) is 35.9 Å². The molecular weight excluding hydrogens is 220 g/mol. The third kappa shape index (κ3) is 4.24. The molecule has 0 saturated heterocycles. The van der Waals surface area contributed by atoms with Crippen LogP contribution in [0.5, 0.6) is 0 Å². The van der Waals surface area contributed by atoms with Gasteiger partial charge in [0.2, 0.25) is 5.91 Å². The standard InChI is InChI=1S/C12H16N2O3/c1-14(8-9-5-3-2-4-6-9)11(15)7-10(13)12(16)17/h2-6,10H,7-8,13H2,1H3,(H,16,17)/t10-/m1/s1. The van der Waals surface area contributed by atoms with Crippen LogP contribution in [0, 0.1) is 0 Å². The largest absolute Gasteiger partial charge is 0.480 e. The van der Waals surface area contributed by atoms with Gasteiger partial charge in [-0.15, -0.1) is 0 Å². The number of carbonyl (C=O) groups is 2. The molecule has 1 rings (SSSR count). The maximum Gasteiger partial charge on any atom is 0.321 e. The summed E-state index contributed by atoms with van der Waals surface area (Å²) in [5, 5.41) is 8.61. The maximum atomic E-state index is 11.6. The highest BCUT2D eigenvalue weighted by Gasteiger charge is 2.18. The molecular formula is C12H16N2O3. The van der Waals surface area contributed by atoms with E-state index in [9.17, 15) is 9.59 Å². The predicted octanol–water partition coefficient (Wildman–Crippen LogP) is 0.447. The highest BCUT2D eigenvalue weighted by Crippen LogP contribution is 2.04. The smallest absolute Gasteiger partial charge is 0.321 e. The number of rotatable bonds is 5. The molecule has 3 N–H and O–H groups in total. The van der Waals surface area contributed by atoms with Crippen LogP contribution in [0.2, 0.25) is 0 Å². The molecule has 0 saturated carbocycles. The highest BCUT2D eigenvalue weighted by atomic mass is 16.4. The van der Waals surface area contributed by atoms with Gasteiger partial charge in [0, 0.05) is 13.6 Å². The molecule has 0 fully saturated rings. The Kier molecular flexibility index (Phi) is 4.66. The molecule has 1 amide bonds. The lowest BCUT2D eigenvalue weighted by Crippen LogP contribution is -2.37. The summed E-state index contributed by atoms with van der Waals surface area (Å²) in [6, 6.07) is 8.33. The van der Waals surface area contributed by atoms with Crippen molar-refractivity contribution < 1.29 is 14.7 Å². The molecule has 0 aliphatic carbocycles. The summed E-state index contributed by atoms with van der Waals surface area (Å²) in [7, 11) is 1.63. The molecule has 0 unspecified atom stereocenters. The lowest BCUT2D eigenvalue weighted by Gasteiger charge is -2.18. The van der Waals surface area contributed by atoms with E-state index in [2.05, 4.69) is 0 Å². The fourth-order valence-electron chi connectivity index (χ4n) is 1.38. The molecule has 0 spiro atoms. The zero-order chi connectivity index (χ0) is 12.8. The minimum Gasteiger partial charge on any atom is -0.480 e. The van der Waals surface area contributed by atoms with Gasteiger partial charge in [0.15, 0.2) is 0 Å². The summed E-state index contributed by atoms with van der Waals surface area (Å²) in [4.78, 5) is 23.6. The molecule has 92 valence electrons. The number of aliphatic carboxylic acids is 1. The van der Waals surface area contributed by atoms with E-state index in [1.165, 1.54) is 4.90 Å². The number of hydrogen-bond donors (Lipinski definition) is 2. The van der Waals surface area contributed by atoms with Crippen molar-refractivity contribution in [3.8, 4) is 0 Å². The Morgan fingerprint density at radius 3 is 2.47 bits per heavy atom. The molecule has 1 aromatic carbocycles. The number of benzene rings is 1. The summed E-state index contributed by atoms with van der Waals surface area (Å²) >= 11 is 0. The van der Waals surface area contributed by atoms with E-state index in [-0.39, 0.29) is 12.3 Å². The Morgan fingerprint density at radius 2 is 1.94 bits per heavy atom. The summed E-state index contributed by atoms with van der Waals surface area (Å²) in [5.74, 6) is -1.43. The molecule has 17 heavy (non-hydrogen) atoms. The average Bonchev–Trinajstić information content (AvgIpc) is 2.29. The first kappa shape index (κ1) is 13.2. The second-order valence-corrected chi connectivity index (χ2v) is 3.88. The lowest BCUT2D eigenvalue weighted by molar-refractivity contribution is -0.142. The Labute approximate surface area is 99.8 Å². The van der Waals surface area contributed by atoms with Gasteiger partial charge in [-0.05, 0) is 5.56 Å². The van der Waals surface area contributed by atoms with Crippen LogP contribution in [0.4, 0.5) is 0 Å². The van der Waals surface area contributed by atoms with Gasteiger partial charge >= 0.3 is 5.97 Å². The van der Waals surface area contributed by atoms with Gasteiger partial charge < -0.3 is 15.7 Å². The van der Waals surface area contributed by atoms with E-state index in [0.29, 0.717) is 6.54 Å². The Hall–Kier alpha value is -1.88. The van der Waals surface area contributed by atoms with Crippen LogP contribution in [0.15, 0.2) is 30.3 Å². The summed E-state index contributed by atoms with van der Waals surface area (Å²) in [5.41, 5.74) is 6.29. The van der Waals surface area contributed by atoms with E-state index in [1.807, 2.05) is 30.3 Å². The number of nitrogens with zero attached hydrogens (tertiary/aromatic N) is 1. The van der Waals surface area contributed by atoms with Crippen LogP contribution in [0.25, 0.3) is 0 Å². The number of nitrogens with two attached hydrogens (primary N) is 1. The molecule has 0 aliphatic rings. The van der Waals surface area contributed by atoms with Crippen molar-refractivity contribution in [1.29, 1.82) is 0 Å². The molecule has 1 aromatic rings. The van der Waals surface area contributed by atoms with Crippen molar-refractivity contribution in [2.45, 2.75) is 19.0 Å². The lowest BCUT2D eigenvalue weighted by atomic mass is 10.2. The van der Waals surface area contributed by atoms with E-state index in [4.69, 9.17) is 10.8 Å². The van der Waals surface area contributed by atoms with Crippen molar-refractivity contribution in [1.82, 2.24) is 4.90 Å². The van der Waals surface area contributed by atoms with Crippen LogP contribution in [-0.2, 0) is 16.1 Å². The third-order valence-corrected chi connectivity index (χ3v) is 2.40. The van der Waals surface area contributed by atoms with E-state index in [0.717, 1.165) is 5.56 Å². The Morgan fingerprint density at radius 1 is 1.35 bits per heavy atom. The fourth-order valence-corrected chi connectivity index (χ4v) is 1.38. The molecule has 5 nitrogen and oxygen atoms in total. The molecule has 0 heterocycles. The minimum absolute atomic E-state index is 0.182. The van der Waals surface area contributed by atoms with Gasteiger partial charge in [-0.2, -0.15) is 0 Å². The minimum atomic E-state index is -1.16. The number of carboxylic acid groups (broad SMARTS) is 1. The zero-order valence-electron chi connectivity index (χ0n) is 9.67. The van der Waals surface area contributed by atoms with Gasteiger partial charge in [-0.25, -0.2) is 0 Å². The van der Waals surface area contributed by atoms with Gasteiger partial charge in [-0.3, -0.25) is 9.59 Å². The topological polar surface area (TPSA) is 83.6 Å². The maximum absolute atomic E-state index is 11.6. The summed E-state index contributed by atoms with van der Waals surface area (Å²) < 4.78 is 0. The van der Waals surface area contributed by atoms with Crippen LogP contribution in [-0.4, -0.2) is 35.0 Å². The number of carbonyl (C=O) groups excluding carboxylic acids is 1. The highest BCUT2D eigenvalue weighted by molar-refractivity contribution is 5.84. The molecule has 0 aliphatic heterocycles. The van der Waals surface area contributed by atoms with Crippen LogP contribution < -0.4 is 5.73 Å². The van der Waals surface area contributed by atoms with Crippen LogP contribution in [0.3, 0.4) is 0 Å². The van der Waals surface area contributed by atoms with Crippen molar-refractivity contribution >= 4 is 11.9 Å². The Bertz CT molecular complexity index is 392. The number of amides is 1. The monoisotopic (exact) mass is 236 g/mol. The normalized spacial score (nSPS) is 11.9. The van der Waals surface area contributed by atoms with Gasteiger partial charge in [0.05, 0.1) is 6.42 Å². The Balaban J connectivity index is 2.50. The zero-order valence-corrected chi connectivity index (χ0v) is 9.67. The molecule has 0 bridgehead atoms. The second kappa shape index (κ2) is 6.00. The van der Waals surface area contributed by atoms with Crippen LogP contribution in [0.1, 0.15) is 12.0 Å². The first-order valence-corrected chi connectivity index (χ1v) is 5.27. The molecule has 0 radical (unpaired) electrons. The molecule has 1 atom stereocenters. The van der Waals surface area contributed by atoms with E-state index in [1.54, 1.807) is 7.05 Å². The first-order valence-electron chi connectivity index (χ1n) is 5.27. The van der Waals surface area contributed by atoms with Crippen molar-refractivity contribution in [2.24, 2.45) is 5.73 Å². The first-order chi connectivity index (χ1) is 8.00. The summed E-state index contributed by atoms with van der Waals surface area (Å²) in [6.07, 6.45) is -0.182. The number of carboxylic acids is 1. The quantitative estimate of drug-likeness (QED) is 0.777. The molecule has 0 aromatic heterocycles.